The summed E-state index contributed by atoms with van der Waals surface area (Å²) in [5.74, 6) is 0.946. The van der Waals surface area contributed by atoms with E-state index in [2.05, 4.69) is 187 Å². The zero-order valence-corrected chi connectivity index (χ0v) is 27.5. The lowest BCUT2D eigenvalue weighted by atomic mass is 9.94. The summed E-state index contributed by atoms with van der Waals surface area (Å²) in [5, 5.41) is 7.68. The smallest absolute Gasteiger partial charge is 0.129 e. The summed E-state index contributed by atoms with van der Waals surface area (Å²) < 4.78 is 6.47. The average Bonchev–Trinajstić information content (AvgIpc) is 3.56. The highest BCUT2D eigenvalue weighted by atomic mass is 16.5. The van der Waals surface area contributed by atoms with Crippen molar-refractivity contribution in [2.75, 3.05) is 4.90 Å². The number of rotatable bonds is 5. The molecule has 1 aliphatic heterocycles. The van der Waals surface area contributed by atoms with Crippen LogP contribution in [0.2, 0.25) is 0 Å². The fourth-order valence-electron chi connectivity index (χ4n) is 7.80. The summed E-state index contributed by atoms with van der Waals surface area (Å²) in [7, 11) is 0. The maximum absolute atomic E-state index is 6.47. The predicted molar refractivity (Wildman–Crippen MR) is 211 cm³/mol. The van der Waals surface area contributed by atoms with Gasteiger partial charge in [-0.3, -0.25) is 0 Å². The van der Waals surface area contributed by atoms with E-state index in [-0.39, 0.29) is 6.10 Å². The molecule has 50 heavy (non-hydrogen) atoms. The zero-order chi connectivity index (χ0) is 33.0. The molecular formula is C48H33NO. The maximum Gasteiger partial charge on any atom is 0.129 e. The van der Waals surface area contributed by atoms with Crippen LogP contribution in [0, 0.1) is 0 Å². The van der Waals surface area contributed by atoms with E-state index in [9.17, 15) is 0 Å². The number of fused-ring (bicyclic) bond motifs is 8. The molecule has 1 atom stereocenters. The van der Waals surface area contributed by atoms with Crippen molar-refractivity contribution in [3.63, 3.8) is 0 Å². The molecule has 0 spiro atoms. The second-order valence-corrected chi connectivity index (χ2v) is 13.3. The number of benzene rings is 8. The minimum atomic E-state index is 0.0981. The van der Waals surface area contributed by atoms with Crippen molar-refractivity contribution in [3.05, 3.63) is 188 Å². The maximum atomic E-state index is 6.47. The number of anilines is 3. The van der Waals surface area contributed by atoms with Gasteiger partial charge >= 0.3 is 0 Å². The molecule has 2 nitrogen and oxygen atoms in total. The Morgan fingerprint density at radius 3 is 1.84 bits per heavy atom. The van der Waals surface area contributed by atoms with E-state index in [0.29, 0.717) is 0 Å². The molecule has 1 heterocycles. The van der Waals surface area contributed by atoms with Gasteiger partial charge < -0.3 is 9.64 Å². The van der Waals surface area contributed by atoms with Gasteiger partial charge in [0.1, 0.15) is 11.9 Å². The van der Waals surface area contributed by atoms with Crippen molar-refractivity contribution in [1.82, 2.24) is 0 Å². The molecule has 8 aromatic carbocycles. The Morgan fingerprint density at radius 2 is 1.06 bits per heavy atom. The fraction of sp³-hybridized carbons (Fsp3) is 0.0417. The second-order valence-electron chi connectivity index (χ2n) is 13.3. The molecular weight excluding hydrogens is 607 g/mol. The third-order valence-corrected chi connectivity index (χ3v) is 10.3. The van der Waals surface area contributed by atoms with Crippen LogP contribution in [-0.4, -0.2) is 6.10 Å². The first kappa shape index (κ1) is 28.6. The molecule has 0 amide bonds. The van der Waals surface area contributed by atoms with Gasteiger partial charge in [-0.25, -0.2) is 0 Å². The van der Waals surface area contributed by atoms with Gasteiger partial charge in [0.15, 0.2) is 0 Å². The third-order valence-electron chi connectivity index (χ3n) is 10.3. The van der Waals surface area contributed by atoms with E-state index in [1.165, 1.54) is 65.7 Å². The minimum Gasteiger partial charge on any atom is -0.485 e. The molecule has 0 fully saturated rings. The SMILES string of the molecule is C1=CCC2Oc3cc(N(c4ccc(-c5ccccc5)cc4)c4ccc(-c5ccc6ccc7c8ccccc8ccc7c6c5)cc4)ccc3C2=C1. The number of allylic oxidation sites excluding steroid dienone is 2. The Bertz CT molecular complexity index is 2630. The molecule has 0 N–H and O–H groups in total. The van der Waals surface area contributed by atoms with Crippen LogP contribution in [-0.2, 0) is 0 Å². The van der Waals surface area contributed by atoms with Crippen LogP contribution in [0.15, 0.2) is 182 Å². The number of nitrogens with zero attached hydrogens (tertiary/aromatic N) is 1. The highest BCUT2D eigenvalue weighted by Crippen LogP contribution is 2.45. The standard InChI is InChI=1S/C48H33NO/c1-2-8-32(9-3-1)33-16-22-38(23-17-33)49(40-26-29-45-44-12-6-7-13-47(44)50-48(45)31-40)39-24-18-34(19-25-39)37-15-14-36-21-27-42-41-11-5-4-10-35(41)20-28-43(42)46(36)30-37/h1-12,14-31,47H,13H2. The predicted octanol–water partition coefficient (Wildman–Crippen LogP) is 13.1. The lowest BCUT2D eigenvalue weighted by Gasteiger charge is -2.26. The zero-order valence-electron chi connectivity index (χ0n) is 27.5. The summed E-state index contributed by atoms with van der Waals surface area (Å²) >= 11 is 0. The summed E-state index contributed by atoms with van der Waals surface area (Å²) in [6.45, 7) is 0. The molecule has 0 bridgehead atoms. The van der Waals surface area contributed by atoms with Crippen LogP contribution >= 0.6 is 0 Å². The van der Waals surface area contributed by atoms with Crippen molar-refractivity contribution in [3.8, 4) is 28.0 Å². The van der Waals surface area contributed by atoms with Crippen LogP contribution in [0.25, 0.3) is 60.1 Å². The van der Waals surface area contributed by atoms with Crippen LogP contribution < -0.4 is 9.64 Å². The Morgan fingerprint density at radius 1 is 0.460 bits per heavy atom. The monoisotopic (exact) mass is 639 g/mol. The third kappa shape index (κ3) is 4.80. The Kier molecular flexibility index (Phi) is 6.67. The van der Waals surface area contributed by atoms with Crippen LogP contribution in [0.1, 0.15) is 12.0 Å². The van der Waals surface area contributed by atoms with E-state index < -0.39 is 0 Å². The largest absolute Gasteiger partial charge is 0.485 e. The molecule has 0 saturated heterocycles. The Labute approximate surface area is 291 Å². The normalized spacial score (nSPS) is 14.7. The van der Waals surface area contributed by atoms with Gasteiger partial charge in [0, 0.05) is 40.7 Å². The molecule has 0 radical (unpaired) electrons. The van der Waals surface area contributed by atoms with E-state index in [1.54, 1.807) is 0 Å². The van der Waals surface area contributed by atoms with E-state index >= 15 is 0 Å². The summed E-state index contributed by atoms with van der Waals surface area (Å²) in [4.78, 5) is 2.33. The van der Waals surface area contributed by atoms with Gasteiger partial charge in [-0.15, -0.1) is 0 Å². The topological polar surface area (TPSA) is 12.5 Å². The first-order valence-electron chi connectivity index (χ1n) is 17.3. The molecule has 10 rings (SSSR count). The van der Waals surface area contributed by atoms with E-state index in [0.717, 1.165) is 29.2 Å². The molecule has 236 valence electrons. The molecule has 2 heteroatoms. The lowest BCUT2D eigenvalue weighted by molar-refractivity contribution is 0.279. The Hall–Kier alpha value is -6.38. The van der Waals surface area contributed by atoms with Crippen LogP contribution in [0.4, 0.5) is 17.1 Å². The van der Waals surface area contributed by atoms with E-state index in [4.69, 9.17) is 4.74 Å². The molecule has 0 aromatic heterocycles. The highest BCUT2D eigenvalue weighted by Gasteiger charge is 2.29. The molecule has 0 saturated carbocycles. The molecule has 1 unspecified atom stereocenters. The lowest BCUT2D eigenvalue weighted by Crippen LogP contribution is -2.12. The quantitative estimate of drug-likeness (QED) is 0.174. The van der Waals surface area contributed by atoms with Gasteiger partial charge in [-0.2, -0.15) is 0 Å². The molecule has 8 aromatic rings. The second kappa shape index (κ2) is 11.6. The van der Waals surface area contributed by atoms with Crippen LogP contribution in [0.5, 0.6) is 5.75 Å². The number of hydrogen-bond donors (Lipinski definition) is 0. The van der Waals surface area contributed by atoms with E-state index in [1.807, 2.05) is 0 Å². The fourth-order valence-corrected chi connectivity index (χ4v) is 7.80. The first-order chi connectivity index (χ1) is 24.8. The van der Waals surface area contributed by atoms with Gasteiger partial charge in [0.25, 0.3) is 0 Å². The number of ether oxygens (including phenoxy) is 1. The van der Waals surface area contributed by atoms with Gasteiger partial charge in [0.2, 0.25) is 0 Å². The number of hydrogen-bond acceptors (Lipinski definition) is 2. The molecule has 2 aliphatic rings. The van der Waals surface area contributed by atoms with Crippen molar-refractivity contribution < 1.29 is 4.74 Å². The van der Waals surface area contributed by atoms with Crippen molar-refractivity contribution in [2.45, 2.75) is 12.5 Å². The van der Waals surface area contributed by atoms with Gasteiger partial charge in [-0.05, 0) is 97.0 Å². The van der Waals surface area contributed by atoms with Gasteiger partial charge in [-0.1, -0.05) is 133 Å². The molecule has 1 aliphatic carbocycles. The van der Waals surface area contributed by atoms with Crippen LogP contribution in [0.3, 0.4) is 0 Å². The average molecular weight is 640 g/mol. The van der Waals surface area contributed by atoms with Crippen molar-refractivity contribution in [1.29, 1.82) is 0 Å². The first-order valence-corrected chi connectivity index (χ1v) is 17.3. The van der Waals surface area contributed by atoms with Crippen molar-refractivity contribution >= 4 is 55.0 Å². The Balaban J connectivity index is 1.05. The highest BCUT2D eigenvalue weighted by molar-refractivity contribution is 6.17. The minimum absolute atomic E-state index is 0.0981. The van der Waals surface area contributed by atoms with Crippen molar-refractivity contribution in [2.24, 2.45) is 0 Å². The summed E-state index contributed by atoms with van der Waals surface area (Å²) in [6.07, 6.45) is 7.52. The van der Waals surface area contributed by atoms with Gasteiger partial charge in [0.05, 0.1) is 0 Å². The summed E-state index contributed by atoms with van der Waals surface area (Å²) in [6, 6.07) is 59.5. The summed E-state index contributed by atoms with van der Waals surface area (Å²) in [5.41, 5.74) is 10.5.